The molecule has 0 amide bonds. The van der Waals surface area contributed by atoms with Crippen LogP contribution in [-0.2, 0) is 0 Å². The van der Waals surface area contributed by atoms with Gasteiger partial charge >= 0.3 is 0 Å². The van der Waals surface area contributed by atoms with Crippen LogP contribution in [0.2, 0.25) is 0 Å². The van der Waals surface area contributed by atoms with Gasteiger partial charge in [0.1, 0.15) is 0 Å². The van der Waals surface area contributed by atoms with E-state index in [1.807, 2.05) is 11.3 Å². The van der Waals surface area contributed by atoms with Crippen LogP contribution in [-0.4, -0.2) is 24.0 Å². The van der Waals surface area contributed by atoms with Crippen molar-refractivity contribution >= 4 is 11.3 Å². The topological polar surface area (TPSA) is 29.3 Å². The molecule has 2 N–H and O–H groups in total. The highest BCUT2D eigenvalue weighted by Gasteiger charge is 2.32. The second-order valence-corrected chi connectivity index (χ2v) is 7.43. The Morgan fingerprint density at radius 1 is 1.28 bits per heavy atom. The van der Waals surface area contributed by atoms with Gasteiger partial charge in [-0.1, -0.05) is 20.8 Å². The first-order chi connectivity index (χ1) is 8.16. The molecule has 1 aromatic heterocycles. The molecule has 0 aliphatic carbocycles. The van der Waals surface area contributed by atoms with Crippen LogP contribution in [0.1, 0.15) is 51.1 Å². The van der Waals surface area contributed by atoms with E-state index < -0.39 is 0 Å². The number of likely N-dealkylation sites (N-methyl/N-ethyl adjacent to an activating group) is 1. The predicted octanol–water partition coefficient (Wildman–Crippen LogP) is 3.81. The molecular formula is C15H28N2S. The molecule has 2 nitrogen and oxygen atoms in total. The Balaban J connectivity index is 3.04. The zero-order valence-corrected chi connectivity index (χ0v) is 13.6. The molecule has 3 heteroatoms. The van der Waals surface area contributed by atoms with Crippen LogP contribution in [0.15, 0.2) is 11.4 Å². The first kappa shape index (κ1) is 15.7. The van der Waals surface area contributed by atoms with Gasteiger partial charge in [0.25, 0.3) is 0 Å². The first-order valence-electron chi connectivity index (χ1n) is 6.67. The average molecular weight is 268 g/mol. The third-order valence-corrected chi connectivity index (χ3v) is 5.06. The summed E-state index contributed by atoms with van der Waals surface area (Å²) < 4.78 is 0. The normalized spacial score (nSPS) is 17.8. The lowest BCUT2D eigenvalue weighted by Gasteiger charge is -2.41. The van der Waals surface area contributed by atoms with Crippen molar-refractivity contribution in [2.24, 2.45) is 11.1 Å². The minimum Gasteiger partial charge on any atom is -0.326 e. The van der Waals surface area contributed by atoms with E-state index >= 15 is 0 Å². The van der Waals surface area contributed by atoms with Gasteiger partial charge in [-0.25, -0.2) is 0 Å². The SMILES string of the molecule is Cc1ccsc1C(C(C)N)N(C)C(C)C(C)(C)C. The highest BCUT2D eigenvalue weighted by molar-refractivity contribution is 7.10. The maximum absolute atomic E-state index is 6.24. The van der Waals surface area contributed by atoms with E-state index in [-0.39, 0.29) is 11.5 Å². The summed E-state index contributed by atoms with van der Waals surface area (Å²) in [6.45, 7) is 13.4. The highest BCUT2D eigenvalue weighted by Crippen LogP contribution is 2.35. The Morgan fingerprint density at radius 2 is 1.83 bits per heavy atom. The van der Waals surface area contributed by atoms with Crippen molar-refractivity contribution in [1.29, 1.82) is 0 Å². The van der Waals surface area contributed by atoms with Gasteiger partial charge in [-0.3, -0.25) is 4.90 Å². The zero-order chi connectivity index (χ0) is 14.1. The smallest absolute Gasteiger partial charge is 0.0593 e. The Kier molecular flexibility index (Phi) is 4.98. The molecule has 1 heterocycles. The molecule has 18 heavy (non-hydrogen) atoms. The van der Waals surface area contributed by atoms with Gasteiger partial charge in [0, 0.05) is 17.0 Å². The van der Waals surface area contributed by atoms with Crippen molar-refractivity contribution in [1.82, 2.24) is 4.90 Å². The Bertz CT molecular complexity index is 376. The van der Waals surface area contributed by atoms with Gasteiger partial charge in [-0.05, 0) is 50.2 Å². The minimum absolute atomic E-state index is 0.136. The van der Waals surface area contributed by atoms with Gasteiger partial charge in [0.2, 0.25) is 0 Å². The molecule has 1 rings (SSSR count). The van der Waals surface area contributed by atoms with Crippen LogP contribution in [0.3, 0.4) is 0 Å². The number of aryl methyl sites for hydroxylation is 1. The summed E-state index contributed by atoms with van der Waals surface area (Å²) in [7, 11) is 2.20. The number of nitrogens with zero attached hydrogens (tertiary/aromatic N) is 1. The summed E-state index contributed by atoms with van der Waals surface area (Å²) in [5.41, 5.74) is 7.86. The number of thiophene rings is 1. The summed E-state index contributed by atoms with van der Waals surface area (Å²) >= 11 is 1.82. The molecule has 0 saturated heterocycles. The predicted molar refractivity (Wildman–Crippen MR) is 82.1 cm³/mol. The fourth-order valence-corrected chi connectivity index (χ4v) is 3.53. The molecule has 0 aromatic carbocycles. The summed E-state index contributed by atoms with van der Waals surface area (Å²) in [5.74, 6) is 0. The summed E-state index contributed by atoms with van der Waals surface area (Å²) in [6.07, 6.45) is 0. The third kappa shape index (κ3) is 3.34. The van der Waals surface area contributed by atoms with E-state index in [9.17, 15) is 0 Å². The van der Waals surface area contributed by atoms with Crippen molar-refractivity contribution < 1.29 is 0 Å². The largest absolute Gasteiger partial charge is 0.326 e. The Hall–Kier alpha value is -0.380. The minimum atomic E-state index is 0.136. The number of rotatable bonds is 4. The summed E-state index contributed by atoms with van der Waals surface area (Å²) in [6, 6.07) is 3.11. The summed E-state index contributed by atoms with van der Waals surface area (Å²) in [4.78, 5) is 3.84. The molecule has 0 fully saturated rings. The molecule has 0 radical (unpaired) electrons. The van der Waals surface area contributed by atoms with E-state index in [2.05, 4.69) is 64.9 Å². The van der Waals surface area contributed by atoms with Crippen molar-refractivity contribution in [3.63, 3.8) is 0 Å². The van der Waals surface area contributed by atoms with Gasteiger partial charge in [0.05, 0.1) is 6.04 Å². The lowest BCUT2D eigenvalue weighted by Crippen LogP contribution is -2.46. The van der Waals surface area contributed by atoms with Crippen LogP contribution < -0.4 is 5.73 Å². The monoisotopic (exact) mass is 268 g/mol. The molecule has 0 bridgehead atoms. The lowest BCUT2D eigenvalue weighted by atomic mass is 9.85. The van der Waals surface area contributed by atoms with E-state index in [0.29, 0.717) is 12.1 Å². The average Bonchev–Trinajstić information content (AvgIpc) is 2.62. The van der Waals surface area contributed by atoms with Crippen molar-refractivity contribution in [3.8, 4) is 0 Å². The van der Waals surface area contributed by atoms with E-state index in [4.69, 9.17) is 5.73 Å². The van der Waals surface area contributed by atoms with Gasteiger partial charge in [-0.15, -0.1) is 11.3 Å². The standard InChI is InChI=1S/C15H28N2S/c1-10-8-9-18-14(10)13(11(2)16)17(7)12(3)15(4,5)6/h8-9,11-13H,16H2,1-7H3. The van der Waals surface area contributed by atoms with Crippen LogP contribution in [0.25, 0.3) is 0 Å². The molecule has 104 valence electrons. The lowest BCUT2D eigenvalue weighted by molar-refractivity contribution is 0.0881. The Labute approximate surface area is 116 Å². The molecule has 0 aliphatic rings. The molecule has 3 unspecified atom stereocenters. The molecular weight excluding hydrogens is 240 g/mol. The first-order valence-corrected chi connectivity index (χ1v) is 7.55. The van der Waals surface area contributed by atoms with E-state index in [0.717, 1.165) is 0 Å². The quantitative estimate of drug-likeness (QED) is 0.899. The van der Waals surface area contributed by atoms with Gasteiger partial charge in [0.15, 0.2) is 0 Å². The zero-order valence-electron chi connectivity index (χ0n) is 12.8. The van der Waals surface area contributed by atoms with Crippen LogP contribution >= 0.6 is 11.3 Å². The molecule has 0 aliphatic heterocycles. The number of hydrogen-bond donors (Lipinski definition) is 1. The maximum Gasteiger partial charge on any atom is 0.0593 e. The van der Waals surface area contributed by atoms with Crippen LogP contribution in [0.5, 0.6) is 0 Å². The highest BCUT2D eigenvalue weighted by atomic mass is 32.1. The van der Waals surface area contributed by atoms with E-state index in [1.165, 1.54) is 10.4 Å². The fourth-order valence-electron chi connectivity index (χ4n) is 2.33. The third-order valence-electron chi connectivity index (χ3n) is 3.97. The number of hydrogen-bond acceptors (Lipinski definition) is 3. The van der Waals surface area contributed by atoms with Gasteiger partial charge in [-0.2, -0.15) is 0 Å². The molecule has 3 atom stereocenters. The molecule has 0 saturated carbocycles. The fraction of sp³-hybridized carbons (Fsp3) is 0.733. The molecule has 0 spiro atoms. The van der Waals surface area contributed by atoms with Crippen molar-refractivity contribution in [2.75, 3.05) is 7.05 Å². The van der Waals surface area contributed by atoms with Crippen LogP contribution in [0.4, 0.5) is 0 Å². The van der Waals surface area contributed by atoms with E-state index in [1.54, 1.807) is 0 Å². The van der Waals surface area contributed by atoms with Crippen LogP contribution in [0, 0.1) is 12.3 Å². The maximum atomic E-state index is 6.24. The molecule has 1 aromatic rings. The summed E-state index contributed by atoms with van der Waals surface area (Å²) in [5, 5.41) is 2.16. The Morgan fingerprint density at radius 3 is 2.17 bits per heavy atom. The number of nitrogens with two attached hydrogens (primary N) is 1. The second kappa shape index (κ2) is 5.72. The van der Waals surface area contributed by atoms with Crippen molar-refractivity contribution in [2.45, 2.75) is 59.7 Å². The van der Waals surface area contributed by atoms with Gasteiger partial charge < -0.3 is 5.73 Å². The van der Waals surface area contributed by atoms with Crippen molar-refractivity contribution in [3.05, 3.63) is 21.9 Å². The second-order valence-electron chi connectivity index (χ2n) is 6.48.